The Morgan fingerprint density at radius 2 is 1.75 bits per heavy atom. The Balaban J connectivity index is 2.99. The van der Waals surface area contributed by atoms with E-state index in [0.29, 0.717) is 18.2 Å². The van der Waals surface area contributed by atoms with Crippen LogP contribution in [-0.2, 0) is 14.8 Å². The summed E-state index contributed by atoms with van der Waals surface area (Å²) in [6.07, 6.45) is 1.10. The highest BCUT2D eigenvalue weighted by Crippen LogP contribution is 2.20. The van der Waals surface area contributed by atoms with Crippen LogP contribution in [0.1, 0.15) is 20.8 Å². The van der Waals surface area contributed by atoms with Crippen molar-refractivity contribution in [2.24, 2.45) is 5.92 Å². The Kier molecular flexibility index (Phi) is 5.56. The Bertz CT molecular complexity index is 541. The van der Waals surface area contributed by atoms with Crippen molar-refractivity contribution in [2.45, 2.75) is 26.8 Å². The van der Waals surface area contributed by atoms with Gasteiger partial charge in [-0.25, -0.2) is 8.42 Å². The summed E-state index contributed by atoms with van der Waals surface area (Å²) in [5.41, 5.74) is 0.488. The molecule has 1 unspecified atom stereocenters. The SMILES string of the molecule is CC(C)CNC(=O)C(C)N(c1ccccc1)S(C)(=O)=O. The van der Waals surface area contributed by atoms with Crippen LogP contribution >= 0.6 is 0 Å². The zero-order chi connectivity index (χ0) is 15.3. The van der Waals surface area contributed by atoms with Gasteiger partial charge in [0.25, 0.3) is 0 Å². The van der Waals surface area contributed by atoms with Crippen LogP contribution in [-0.4, -0.2) is 33.2 Å². The minimum atomic E-state index is -3.53. The minimum absolute atomic E-state index is 0.298. The van der Waals surface area contributed by atoms with Crippen molar-refractivity contribution in [2.75, 3.05) is 17.1 Å². The van der Waals surface area contributed by atoms with Gasteiger partial charge in [-0.1, -0.05) is 32.0 Å². The molecule has 0 heterocycles. The van der Waals surface area contributed by atoms with Crippen LogP contribution in [0.2, 0.25) is 0 Å². The van der Waals surface area contributed by atoms with Gasteiger partial charge in [0, 0.05) is 6.54 Å². The van der Waals surface area contributed by atoms with Crippen LogP contribution in [0.3, 0.4) is 0 Å². The number of carbonyl (C=O) groups excluding carboxylic acids is 1. The topological polar surface area (TPSA) is 66.5 Å². The van der Waals surface area contributed by atoms with Gasteiger partial charge in [-0.05, 0) is 25.0 Å². The van der Waals surface area contributed by atoms with Gasteiger partial charge in [0.2, 0.25) is 15.9 Å². The van der Waals surface area contributed by atoms with E-state index in [1.807, 2.05) is 13.8 Å². The zero-order valence-corrected chi connectivity index (χ0v) is 13.1. The van der Waals surface area contributed by atoms with Crippen LogP contribution in [0.15, 0.2) is 30.3 Å². The first-order chi connectivity index (χ1) is 9.23. The monoisotopic (exact) mass is 298 g/mol. The molecule has 0 spiro atoms. The number of nitrogens with zero attached hydrogens (tertiary/aromatic N) is 1. The highest BCUT2D eigenvalue weighted by molar-refractivity contribution is 7.92. The van der Waals surface area contributed by atoms with Crippen molar-refractivity contribution in [3.63, 3.8) is 0 Å². The quantitative estimate of drug-likeness (QED) is 0.867. The molecule has 0 saturated heterocycles. The van der Waals surface area contributed by atoms with E-state index in [2.05, 4.69) is 5.32 Å². The van der Waals surface area contributed by atoms with Crippen molar-refractivity contribution < 1.29 is 13.2 Å². The van der Waals surface area contributed by atoms with Crippen molar-refractivity contribution in [3.05, 3.63) is 30.3 Å². The summed E-state index contributed by atoms with van der Waals surface area (Å²) in [4.78, 5) is 12.1. The van der Waals surface area contributed by atoms with Crippen molar-refractivity contribution >= 4 is 21.6 Å². The van der Waals surface area contributed by atoms with E-state index in [0.717, 1.165) is 10.6 Å². The van der Waals surface area contributed by atoms with Gasteiger partial charge in [-0.2, -0.15) is 0 Å². The summed E-state index contributed by atoms with van der Waals surface area (Å²) >= 11 is 0. The summed E-state index contributed by atoms with van der Waals surface area (Å²) < 4.78 is 25.1. The van der Waals surface area contributed by atoms with Crippen LogP contribution in [0.5, 0.6) is 0 Å². The predicted molar refractivity (Wildman–Crippen MR) is 81.1 cm³/mol. The van der Waals surface area contributed by atoms with E-state index >= 15 is 0 Å². The van der Waals surface area contributed by atoms with Gasteiger partial charge in [0.1, 0.15) is 6.04 Å². The molecule has 0 radical (unpaired) electrons. The summed E-state index contributed by atoms with van der Waals surface area (Å²) in [6, 6.07) is 7.85. The fraction of sp³-hybridized carbons (Fsp3) is 0.500. The molecule has 1 aromatic rings. The maximum atomic E-state index is 12.1. The first-order valence-corrected chi connectivity index (χ1v) is 8.40. The summed E-state index contributed by atoms with van der Waals surface area (Å²) in [5.74, 6) is 0.0162. The molecule has 5 nitrogen and oxygen atoms in total. The molecule has 0 aliphatic carbocycles. The molecule has 1 aromatic carbocycles. The molecule has 1 N–H and O–H groups in total. The number of carbonyl (C=O) groups is 1. The number of rotatable bonds is 6. The number of hydrogen-bond donors (Lipinski definition) is 1. The molecule has 1 rings (SSSR count). The Labute approximate surface area is 121 Å². The van der Waals surface area contributed by atoms with E-state index in [4.69, 9.17) is 0 Å². The second kappa shape index (κ2) is 6.74. The van der Waals surface area contributed by atoms with E-state index < -0.39 is 16.1 Å². The first-order valence-electron chi connectivity index (χ1n) is 6.55. The number of sulfonamides is 1. The lowest BCUT2D eigenvalue weighted by molar-refractivity contribution is -0.121. The fourth-order valence-electron chi connectivity index (χ4n) is 1.84. The van der Waals surface area contributed by atoms with Crippen molar-refractivity contribution in [3.8, 4) is 0 Å². The van der Waals surface area contributed by atoms with Crippen LogP contribution in [0.4, 0.5) is 5.69 Å². The molecule has 0 bridgehead atoms. The third-order valence-electron chi connectivity index (χ3n) is 2.78. The maximum Gasteiger partial charge on any atom is 0.243 e. The van der Waals surface area contributed by atoms with Gasteiger partial charge in [0.05, 0.1) is 11.9 Å². The number of amides is 1. The van der Waals surface area contributed by atoms with Gasteiger partial charge < -0.3 is 5.32 Å². The highest BCUT2D eigenvalue weighted by Gasteiger charge is 2.28. The Morgan fingerprint density at radius 3 is 2.20 bits per heavy atom. The van der Waals surface area contributed by atoms with Crippen LogP contribution < -0.4 is 9.62 Å². The number of para-hydroxylation sites is 1. The third kappa shape index (κ3) is 4.52. The average Bonchev–Trinajstić information content (AvgIpc) is 2.35. The summed E-state index contributed by atoms with van der Waals surface area (Å²) in [6.45, 7) is 6.08. The molecule has 112 valence electrons. The van der Waals surface area contributed by atoms with Crippen molar-refractivity contribution in [1.29, 1.82) is 0 Å². The smallest absolute Gasteiger partial charge is 0.243 e. The lowest BCUT2D eigenvalue weighted by Gasteiger charge is -2.28. The lowest BCUT2D eigenvalue weighted by Crippen LogP contribution is -2.48. The second-order valence-corrected chi connectivity index (χ2v) is 7.07. The molecule has 20 heavy (non-hydrogen) atoms. The molecule has 6 heteroatoms. The van der Waals surface area contributed by atoms with Crippen LogP contribution in [0, 0.1) is 5.92 Å². The number of hydrogen-bond acceptors (Lipinski definition) is 3. The lowest BCUT2D eigenvalue weighted by atomic mass is 10.2. The first kappa shape index (κ1) is 16.5. The van der Waals surface area contributed by atoms with Gasteiger partial charge in [-0.3, -0.25) is 9.10 Å². The molecule has 1 amide bonds. The van der Waals surface area contributed by atoms with E-state index in [1.165, 1.54) is 0 Å². The average molecular weight is 298 g/mol. The minimum Gasteiger partial charge on any atom is -0.354 e. The maximum absolute atomic E-state index is 12.1. The Morgan fingerprint density at radius 1 is 1.20 bits per heavy atom. The van der Waals surface area contributed by atoms with Crippen LogP contribution in [0.25, 0.3) is 0 Å². The number of anilines is 1. The molecule has 0 aromatic heterocycles. The fourth-order valence-corrected chi connectivity index (χ4v) is 3.01. The standard InChI is InChI=1S/C14H22N2O3S/c1-11(2)10-15-14(17)12(3)16(20(4,18)19)13-8-6-5-7-9-13/h5-9,11-12H,10H2,1-4H3,(H,15,17). The number of benzene rings is 1. The Hall–Kier alpha value is -1.56. The van der Waals surface area contributed by atoms with Gasteiger partial charge >= 0.3 is 0 Å². The van der Waals surface area contributed by atoms with E-state index in [-0.39, 0.29) is 5.91 Å². The van der Waals surface area contributed by atoms with Gasteiger partial charge in [0.15, 0.2) is 0 Å². The second-order valence-electron chi connectivity index (χ2n) is 5.21. The molecule has 0 saturated carbocycles. The van der Waals surface area contributed by atoms with Crippen molar-refractivity contribution in [1.82, 2.24) is 5.32 Å². The zero-order valence-electron chi connectivity index (χ0n) is 12.3. The molecule has 0 aliphatic rings. The molecule has 0 fully saturated rings. The number of nitrogens with one attached hydrogen (secondary N) is 1. The van der Waals surface area contributed by atoms with E-state index in [9.17, 15) is 13.2 Å². The molecule has 0 aliphatic heterocycles. The summed E-state index contributed by atoms with van der Waals surface area (Å²) in [5, 5.41) is 2.76. The molecular weight excluding hydrogens is 276 g/mol. The third-order valence-corrected chi connectivity index (χ3v) is 4.03. The van der Waals surface area contributed by atoms with Gasteiger partial charge in [-0.15, -0.1) is 0 Å². The molecular formula is C14H22N2O3S. The summed E-state index contributed by atoms with van der Waals surface area (Å²) in [7, 11) is -3.53. The predicted octanol–water partition coefficient (Wildman–Crippen LogP) is 1.61. The normalized spacial score (nSPS) is 13.1. The molecule has 1 atom stereocenters. The largest absolute Gasteiger partial charge is 0.354 e. The highest BCUT2D eigenvalue weighted by atomic mass is 32.2. The van der Waals surface area contributed by atoms with E-state index in [1.54, 1.807) is 37.3 Å².